The molecule has 1 atom stereocenters. The van der Waals surface area contributed by atoms with Gasteiger partial charge in [0.2, 0.25) is 5.91 Å². The minimum atomic E-state index is -0.921. The maximum absolute atomic E-state index is 12.3. The van der Waals surface area contributed by atoms with E-state index < -0.39 is 5.41 Å². The Hall–Kier alpha value is -1.26. The molecule has 1 saturated heterocycles. The summed E-state index contributed by atoms with van der Waals surface area (Å²) in [6.45, 7) is 7.13. The molecule has 1 heterocycles. The Morgan fingerprint density at radius 1 is 1.59 bits per heavy atom. The van der Waals surface area contributed by atoms with E-state index in [0.29, 0.717) is 5.92 Å². The predicted molar refractivity (Wildman–Crippen MR) is 66.8 cm³/mol. The van der Waals surface area contributed by atoms with Crippen molar-refractivity contribution in [1.29, 1.82) is 0 Å². The third-order valence-corrected chi connectivity index (χ3v) is 3.55. The number of amides is 1. The second kappa shape index (κ2) is 5.38. The molecule has 0 spiro atoms. The summed E-state index contributed by atoms with van der Waals surface area (Å²) in [4.78, 5) is 14.1. The highest BCUT2D eigenvalue weighted by Gasteiger charge is 2.38. The van der Waals surface area contributed by atoms with Crippen molar-refractivity contribution in [2.45, 2.75) is 40.0 Å². The van der Waals surface area contributed by atoms with Gasteiger partial charge in [0.05, 0.1) is 0 Å². The van der Waals surface area contributed by atoms with Gasteiger partial charge in [-0.1, -0.05) is 18.5 Å². The Bertz CT molecular complexity index is 313. The zero-order chi connectivity index (χ0) is 13.1. The summed E-state index contributed by atoms with van der Waals surface area (Å²) in [5.41, 5.74) is 4.64. The lowest BCUT2D eigenvalue weighted by Gasteiger charge is -2.28. The van der Waals surface area contributed by atoms with Crippen LogP contribution in [0.1, 0.15) is 40.0 Å². The van der Waals surface area contributed by atoms with Crippen molar-refractivity contribution in [3.8, 4) is 0 Å². The standard InChI is InChI=1S/C12H23N3O2/c1-4-5-9-6-7-15(8-9)11(16)12(2,3)10(13)14-17/h9,17H,4-8H2,1-3H3,(H2,13,14). The molecule has 0 aliphatic carbocycles. The molecule has 0 bridgehead atoms. The number of hydrogen-bond donors (Lipinski definition) is 2. The van der Waals surface area contributed by atoms with Crippen LogP contribution in [0.2, 0.25) is 0 Å². The molecule has 0 radical (unpaired) electrons. The lowest BCUT2D eigenvalue weighted by molar-refractivity contribution is -0.136. The van der Waals surface area contributed by atoms with Crippen LogP contribution in [0.25, 0.3) is 0 Å². The molecule has 98 valence electrons. The molecule has 0 aromatic heterocycles. The van der Waals surface area contributed by atoms with Crippen LogP contribution in [0.3, 0.4) is 0 Å². The van der Waals surface area contributed by atoms with Crippen LogP contribution in [0, 0.1) is 11.3 Å². The van der Waals surface area contributed by atoms with Gasteiger partial charge in [-0.2, -0.15) is 0 Å². The summed E-state index contributed by atoms with van der Waals surface area (Å²) in [6, 6.07) is 0. The molecule has 0 saturated carbocycles. The maximum Gasteiger partial charge on any atom is 0.235 e. The number of carbonyl (C=O) groups is 1. The van der Waals surface area contributed by atoms with E-state index in [9.17, 15) is 4.79 Å². The van der Waals surface area contributed by atoms with E-state index in [1.54, 1.807) is 13.8 Å². The van der Waals surface area contributed by atoms with E-state index in [-0.39, 0.29) is 11.7 Å². The fraction of sp³-hybridized carbons (Fsp3) is 0.833. The predicted octanol–water partition coefficient (Wildman–Crippen LogP) is 1.41. The van der Waals surface area contributed by atoms with Gasteiger partial charge < -0.3 is 15.8 Å². The van der Waals surface area contributed by atoms with Gasteiger partial charge in [-0.15, -0.1) is 0 Å². The van der Waals surface area contributed by atoms with E-state index >= 15 is 0 Å². The quantitative estimate of drug-likeness (QED) is 0.338. The number of amidine groups is 1. The average molecular weight is 241 g/mol. The lowest BCUT2D eigenvalue weighted by Crippen LogP contribution is -2.47. The van der Waals surface area contributed by atoms with Crippen molar-refractivity contribution in [1.82, 2.24) is 4.90 Å². The molecule has 1 amide bonds. The van der Waals surface area contributed by atoms with Crippen molar-refractivity contribution in [3.05, 3.63) is 0 Å². The van der Waals surface area contributed by atoms with Crippen LogP contribution in [-0.4, -0.2) is 34.9 Å². The molecular formula is C12H23N3O2. The van der Waals surface area contributed by atoms with Gasteiger partial charge in [0, 0.05) is 13.1 Å². The lowest BCUT2D eigenvalue weighted by atomic mass is 9.90. The minimum absolute atomic E-state index is 0.0264. The van der Waals surface area contributed by atoms with Gasteiger partial charge in [0.25, 0.3) is 0 Å². The Labute approximate surface area is 103 Å². The minimum Gasteiger partial charge on any atom is -0.409 e. The Morgan fingerprint density at radius 2 is 2.24 bits per heavy atom. The second-order valence-electron chi connectivity index (χ2n) is 5.30. The van der Waals surface area contributed by atoms with Crippen LogP contribution in [0.5, 0.6) is 0 Å². The first-order chi connectivity index (χ1) is 7.93. The van der Waals surface area contributed by atoms with Gasteiger partial charge in [-0.05, 0) is 32.6 Å². The molecule has 3 N–H and O–H groups in total. The van der Waals surface area contributed by atoms with Gasteiger partial charge >= 0.3 is 0 Å². The van der Waals surface area contributed by atoms with Crippen molar-refractivity contribution in [3.63, 3.8) is 0 Å². The van der Waals surface area contributed by atoms with Crippen LogP contribution in [0.4, 0.5) is 0 Å². The van der Waals surface area contributed by atoms with Crippen LogP contribution in [0.15, 0.2) is 5.16 Å². The van der Waals surface area contributed by atoms with Crippen molar-refractivity contribution in [2.75, 3.05) is 13.1 Å². The average Bonchev–Trinajstić information content (AvgIpc) is 2.75. The first kappa shape index (κ1) is 13.8. The third-order valence-electron chi connectivity index (χ3n) is 3.55. The molecule has 1 aliphatic heterocycles. The normalized spacial score (nSPS) is 21.9. The summed E-state index contributed by atoms with van der Waals surface area (Å²) >= 11 is 0. The second-order valence-corrected chi connectivity index (χ2v) is 5.30. The van der Waals surface area contributed by atoms with Gasteiger partial charge in [-0.3, -0.25) is 4.79 Å². The van der Waals surface area contributed by atoms with Crippen LogP contribution >= 0.6 is 0 Å². The first-order valence-corrected chi connectivity index (χ1v) is 6.20. The highest BCUT2D eigenvalue weighted by Crippen LogP contribution is 2.26. The summed E-state index contributed by atoms with van der Waals surface area (Å²) in [5.74, 6) is 0.528. The summed E-state index contributed by atoms with van der Waals surface area (Å²) < 4.78 is 0. The zero-order valence-corrected chi connectivity index (χ0v) is 10.9. The Kier molecular flexibility index (Phi) is 4.37. The monoisotopic (exact) mass is 241 g/mol. The summed E-state index contributed by atoms with van der Waals surface area (Å²) in [6.07, 6.45) is 3.37. The number of carbonyl (C=O) groups excluding carboxylic acids is 1. The highest BCUT2D eigenvalue weighted by molar-refractivity contribution is 6.05. The van der Waals surface area contributed by atoms with Crippen molar-refractivity contribution < 1.29 is 10.0 Å². The molecule has 1 unspecified atom stereocenters. The fourth-order valence-electron chi connectivity index (χ4n) is 2.29. The topological polar surface area (TPSA) is 78.9 Å². The maximum atomic E-state index is 12.3. The molecule has 1 rings (SSSR count). The molecule has 0 aromatic carbocycles. The number of rotatable bonds is 4. The highest BCUT2D eigenvalue weighted by atomic mass is 16.4. The number of nitrogens with two attached hydrogens (primary N) is 1. The molecule has 1 aliphatic rings. The molecular weight excluding hydrogens is 218 g/mol. The van der Waals surface area contributed by atoms with E-state index in [2.05, 4.69) is 12.1 Å². The Morgan fingerprint density at radius 3 is 2.76 bits per heavy atom. The smallest absolute Gasteiger partial charge is 0.235 e. The number of nitrogens with zero attached hydrogens (tertiary/aromatic N) is 2. The third kappa shape index (κ3) is 2.90. The molecule has 1 fully saturated rings. The summed E-state index contributed by atoms with van der Waals surface area (Å²) in [5, 5.41) is 11.6. The zero-order valence-electron chi connectivity index (χ0n) is 10.9. The van der Waals surface area contributed by atoms with Crippen LogP contribution < -0.4 is 5.73 Å². The number of hydrogen-bond acceptors (Lipinski definition) is 3. The summed E-state index contributed by atoms with van der Waals surface area (Å²) in [7, 11) is 0. The van der Waals surface area contributed by atoms with Gasteiger partial charge in [0.15, 0.2) is 5.84 Å². The van der Waals surface area contributed by atoms with E-state index in [0.717, 1.165) is 32.4 Å². The fourth-order valence-corrected chi connectivity index (χ4v) is 2.29. The van der Waals surface area contributed by atoms with Crippen LogP contribution in [-0.2, 0) is 4.79 Å². The number of likely N-dealkylation sites (tertiary alicyclic amines) is 1. The van der Waals surface area contributed by atoms with E-state index in [1.807, 2.05) is 4.90 Å². The number of oxime groups is 1. The molecule has 5 heteroatoms. The van der Waals surface area contributed by atoms with Gasteiger partial charge in [-0.25, -0.2) is 0 Å². The molecule has 17 heavy (non-hydrogen) atoms. The van der Waals surface area contributed by atoms with Crippen molar-refractivity contribution >= 4 is 11.7 Å². The first-order valence-electron chi connectivity index (χ1n) is 6.20. The largest absolute Gasteiger partial charge is 0.409 e. The van der Waals surface area contributed by atoms with E-state index in [4.69, 9.17) is 10.9 Å². The molecule has 0 aromatic rings. The SMILES string of the molecule is CCCC1CCN(C(=O)C(C)(C)C(N)=NO)C1. The van der Waals surface area contributed by atoms with E-state index in [1.165, 1.54) is 0 Å². The van der Waals surface area contributed by atoms with Gasteiger partial charge in [0.1, 0.15) is 5.41 Å². The van der Waals surface area contributed by atoms with Crippen molar-refractivity contribution in [2.24, 2.45) is 22.2 Å². The molecule has 5 nitrogen and oxygen atoms in total. The Balaban J connectivity index is 2.66.